The molecule has 0 aromatic heterocycles. The molecule has 0 aliphatic rings. The molecule has 0 atom stereocenters. The van der Waals surface area contributed by atoms with Crippen molar-refractivity contribution in [2.24, 2.45) is 0 Å². The predicted octanol–water partition coefficient (Wildman–Crippen LogP) is 2.46. The van der Waals surface area contributed by atoms with E-state index in [0.29, 0.717) is 19.7 Å². The van der Waals surface area contributed by atoms with E-state index in [1.54, 1.807) is 25.3 Å². The summed E-state index contributed by atoms with van der Waals surface area (Å²) in [7, 11) is 1.63. The molecular weight excluding hydrogens is 284 g/mol. The quantitative estimate of drug-likeness (QED) is 0.431. The first kappa shape index (κ1) is 16.4. The zero-order chi connectivity index (χ0) is 14.8. The van der Waals surface area contributed by atoms with Crippen molar-refractivity contribution in [2.45, 2.75) is 6.54 Å². The van der Waals surface area contributed by atoms with Crippen LogP contribution in [-0.2, 0) is 11.3 Å². The van der Waals surface area contributed by atoms with Gasteiger partial charge >= 0.3 is 5.69 Å². The Hall–Kier alpha value is -1.63. The van der Waals surface area contributed by atoms with E-state index >= 15 is 0 Å². The number of ether oxygens (including phenoxy) is 2. The van der Waals surface area contributed by atoms with Crippen LogP contribution in [0.25, 0.3) is 0 Å². The van der Waals surface area contributed by atoms with E-state index in [1.165, 1.54) is 11.6 Å². The van der Waals surface area contributed by atoms with Crippen molar-refractivity contribution in [3.63, 3.8) is 0 Å². The van der Waals surface area contributed by atoms with Crippen molar-refractivity contribution in [3.8, 4) is 5.75 Å². The maximum Gasteiger partial charge on any atom is 0.310 e. The Labute approximate surface area is 122 Å². The molecule has 0 unspecified atom stereocenters. The molecule has 1 aromatic carbocycles. The first-order chi connectivity index (χ1) is 9.69. The van der Waals surface area contributed by atoms with Gasteiger partial charge in [0.1, 0.15) is 6.61 Å². The average Bonchev–Trinajstić information content (AvgIpc) is 2.44. The molecule has 1 rings (SSSR count). The normalized spacial score (nSPS) is 10.9. The number of hydrogen-bond donors (Lipinski definition) is 1. The number of benzene rings is 1. The highest BCUT2D eigenvalue weighted by Gasteiger charge is 2.15. The van der Waals surface area contributed by atoms with Gasteiger partial charge in [0.15, 0.2) is 5.75 Å². The van der Waals surface area contributed by atoms with Crippen molar-refractivity contribution in [1.82, 2.24) is 5.32 Å². The van der Waals surface area contributed by atoms with Crippen LogP contribution in [0.4, 0.5) is 5.69 Å². The van der Waals surface area contributed by atoms with Crippen LogP contribution in [0.2, 0.25) is 0 Å². The average molecular weight is 301 g/mol. The summed E-state index contributed by atoms with van der Waals surface area (Å²) >= 11 is 5.38. The summed E-state index contributed by atoms with van der Waals surface area (Å²) in [6.07, 6.45) is 1.56. The van der Waals surface area contributed by atoms with Gasteiger partial charge < -0.3 is 14.8 Å². The SMILES string of the molecule is COCCNCc1ccc([N+](=O)[O-])c(OCC=CCl)c1. The van der Waals surface area contributed by atoms with Gasteiger partial charge in [-0.15, -0.1) is 0 Å². The van der Waals surface area contributed by atoms with E-state index in [0.717, 1.165) is 5.56 Å². The molecule has 0 saturated heterocycles. The molecule has 20 heavy (non-hydrogen) atoms. The first-order valence-corrected chi connectivity index (χ1v) is 6.47. The third-order valence-electron chi connectivity index (χ3n) is 2.46. The summed E-state index contributed by atoms with van der Waals surface area (Å²) in [5.74, 6) is 0.232. The van der Waals surface area contributed by atoms with Gasteiger partial charge in [-0.25, -0.2) is 0 Å². The second-order valence-electron chi connectivity index (χ2n) is 3.90. The number of nitro groups is 1. The minimum absolute atomic E-state index is 0.0615. The topological polar surface area (TPSA) is 73.6 Å². The lowest BCUT2D eigenvalue weighted by Crippen LogP contribution is -2.18. The summed E-state index contributed by atoms with van der Waals surface area (Å²) in [6.45, 7) is 2.09. The molecule has 0 spiro atoms. The molecule has 0 fully saturated rings. The lowest BCUT2D eigenvalue weighted by atomic mass is 10.2. The van der Waals surface area contributed by atoms with Gasteiger partial charge in [0.05, 0.1) is 11.5 Å². The monoisotopic (exact) mass is 300 g/mol. The van der Waals surface area contributed by atoms with Crippen LogP contribution in [0, 0.1) is 10.1 Å². The predicted molar refractivity (Wildman–Crippen MR) is 77.2 cm³/mol. The molecule has 1 aromatic rings. The molecule has 1 N–H and O–H groups in total. The van der Waals surface area contributed by atoms with Crippen molar-refractivity contribution in [1.29, 1.82) is 0 Å². The van der Waals surface area contributed by atoms with Crippen LogP contribution in [0.15, 0.2) is 29.8 Å². The van der Waals surface area contributed by atoms with Crippen LogP contribution in [0.3, 0.4) is 0 Å². The largest absolute Gasteiger partial charge is 0.483 e. The Bertz CT molecular complexity index is 466. The van der Waals surface area contributed by atoms with Crippen molar-refractivity contribution < 1.29 is 14.4 Å². The molecule has 0 saturated carbocycles. The van der Waals surface area contributed by atoms with E-state index in [2.05, 4.69) is 5.32 Å². The molecular formula is C13H17ClN2O4. The van der Waals surface area contributed by atoms with Gasteiger partial charge in [0.25, 0.3) is 0 Å². The Morgan fingerprint density at radius 3 is 2.95 bits per heavy atom. The number of nitro benzene ring substituents is 1. The lowest BCUT2D eigenvalue weighted by molar-refractivity contribution is -0.385. The Balaban J connectivity index is 2.73. The highest BCUT2D eigenvalue weighted by atomic mass is 35.5. The first-order valence-electron chi connectivity index (χ1n) is 6.04. The summed E-state index contributed by atoms with van der Waals surface area (Å²) in [5.41, 5.74) is 2.15. The number of halogens is 1. The third kappa shape index (κ3) is 5.56. The van der Waals surface area contributed by atoms with Gasteiger partial charge in [0.2, 0.25) is 0 Å². The van der Waals surface area contributed by atoms with Crippen LogP contribution in [0.1, 0.15) is 5.56 Å². The van der Waals surface area contributed by atoms with Gasteiger partial charge in [-0.1, -0.05) is 17.7 Å². The molecule has 0 radical (unpaired) electrons. The van der Waals surface area contributed by atoms with E-state index in [9.17, 15) is 10.1 Å². The molecule has 0 heterocycles. The number of methoxy groups -OCH3 is 1. The second-order valence-corrected chi connectivity index (χ2v) is 4.15. The molecule has 0 aliphatic heterocycles. The van der Waals surface area contributed by atoms with E-state index in [-0.39, 0.29) is 18.0 Å². The van der Waals surface area contributed by atoms with E-state index in [4.69, 9.17) is 21.1 Å². The fourth-order valence-electron chi connectivity index (χ4n) is 1.52. The zero-order valence-corrected chi connectivity index (χ0v) is 11.9. The van der Waals surface area contributed by atoms with Crippen LogP contribution in [-0.4, -0.2) is 31.8 Å². The number of hydrogen-bond acceptors (Lipinski definition) is 5. The molecule has 0 amide bonds. The van der Waals surface area contributed by atoms with Crippen molar-refractivity contribution in [2.75, 3.05) is 26.9 Å². The fourth-order valence-corrected chi connectivity index (χ4v) is 1.59. The van der Waals surface area contributed by atoms with E-state index in [1.807, 2.05) is 0 Å². The molecule has 6 nitrogen and oxygen atoms in total. The number of rotatable bonds is 9. The molecule has 7 heteroatoms. The maximum atomic E-state index is 10.9. The summed E-state index contributed by atoms with van der Waals surface area (Å²) in [4.78, 5) is 10.4. The minimum Gasteiger partial charge on any atom is -0.483 e. The highest BCUT2D eigenvalue weighted by molar-refractivity contribution is 6.25. The smallest absolute Gasteiger partial charge is 0.310 e. The van der Waals surface area contributed by atoms with E-state index < -0.39 is 4.92 Å². The number of nitrogens with one attached hydrogen (secondary N) is 1. The van der Waals surface area contributed by atoms with Gasteiger partial charge in [-0.05, 0) is 17.7 Å². The standard InChI is InChI=1S/C13H17ClN2O4/c1-19-8-6-15-10-11-3-4-12(16(17)18)13(9-11)20-7-2-5-14/h2-5,9,15H,6-8,10H2,1H3. The van der Waals surface area contributed by atoms with Gasteiger partial charge in [-0.3, -0.25) is 10.1 Å². The Kier molecular flexibility index (Phi) is 7.64. The zero-order valence-electron chi connectivity index (χ0n) is 11.2. The van der Waals surface area contributed by atoms with Crippen LogP contribution >= 0.6 is 11.6 Å². The maximum absolute atomic E-state index is 10.9. The lowest BCUT2D eigenvalue weighted by Gasteiger charge is -2.08. The number of nitrogens with zero attached hydrogens (tertiary/aromatic N) is 1. The van der Waals surface area contributed by atoms with Crippen LogP contribution in [0.5, 0.6) is 5.75 Å². The summed E-state index contributed by atoms with van der Waals surface area (Å²) in [5, 5.41) is 14.1. The van der Waals surface area contributed by atoms with Gasteiger partial charge in [-0.2, -0.15) is 0 Å². The molecule has 110 valence electrons. The Morgan fingerprint density at radius 1 is 1.50 bits per heavy atom. The molecule has 0 aliphatic carbocycles. The third-order valence-corrected chi connectivity index (χ3v) is 2.64. The van der Waals surface area contributed by atoms with Crippen LogP contribution < -0.4 is 10.1 Å². The van der Waals surface area contributed by atoms with Crippen molar-refractivity contribution >= 4 is 17.3 Å². The minimum atomic E-state index is -0.470. The van der Waals surface area contributed by atoms with Crippen molar-refractivity contribution in [3.05, 3.63) is 45.5 Å². The fraction of sp³-hybridized carbons (Fsp3) is 0.385. The Morgan fingerprint density at radius 2 is 2.30 bits per heavy atom. The van der Waals surface area contributed by atoms with Gasteiger partial charge in [0, 0.05) is 31.8 Å². The molecule has 0 bridgehead atoms. The summed E-state index contributed by atoms with van der Waals surface area (Å²) < 4.78 is 10.3. The highest BCUT2D eigenvalue weighted by Crippen LogP contribution is 2.28. The summed E-state index contributed by atoms with van der Waals surface area (Å²) in [6, 6.07) is 4.79. The second kappa shape index (κ2) is 9.30.